The highest BCUT2D eigenvalue weighted by atomic mass is 16.6. The van der Waals surface area contributed by atoms with Crippen LogP contribution in [0.5, 0.6) is 11.5 Å². The molecule has 0 saturated carbocycles. The average Bonchev–Trinajstić information content (AvgIpc) is 2.65. The van der Waals surface area contributed by atoms with E-state index in [2.05, 4.69) is 0 Å². The van der Waals surface area contributed by atoms with Crippen LogP contribution in [0, 0.1) is 0 Å². The molecular formula is C19H18O6. The summed E-state index contributed by atoms with van der Waals surface area (Å²) in [5.74, 6) is 0.594. The zero-order valence-electron chi connectivity index (χ0n) is 13.8. The van der Waals surface area contributed by atoms with Gasteiger partial charge in [0.15, 0.2) is 0 Å². The van der Waals surface area contributed by atoms with Gasteiger partial charge in [0.05, 0.1) is 12.7 Å². The third-order valence-corrected chi connectivity index (χ3v) is 3.93. The molecule has 1 heterocycles. The lowest BCUT2D eigenvalue weighted by molar-refractivity contribution is -0.131. The molecule has 0 aliphatic carbocycles. The highest BCUT2D eigenvalue weighted by Crippen LogP contribution is 2.34. The molecule has 1 atom stereocenters. The minimum atomic E-state index is -0.530. The van der Waals surface area contributed by atoms with Crippen molar-refractivity contribution in [2.24, 2.45) is 0 Å². The van der Waals surface area contributed by atoms with Crippen LogP contribution >= 0.6 is 0 Å². The zero-order chi connectivity index (χ0) is 17.6. The summed E-state index contributed by atoms with van der Waals surface area (Å²) in [6.07, 6.45) is -0.124. The number of fused-ring (bicyclic) bond motifs is 1. The summed E-state index contributed by atoms with van der Waals surface area (Å²) in [4.78, 5) is 22.7. The second-order valence-corrected chi connectivity index (χ2v) is 5.59. The van der Waals surface area contributed by atoms with Gasteiger partial charge in [-0.2, -0.15) is 0 Å². The van der Waals surface area contributed by atoms with Gasteiger partial charge in [-0.25, -0.2) is 4.79 Å². The molecule has 130 valence electrons. The minimum absolute atomic E-state index is 0.0127. The molecule has 0 unspecified atom stereocenters. The first-order valence-electron chi connectivity index (χ1n) is 7.85. The molecule has 6 heteroatoms. The Bertz CT molecular complexity index is 756. The molecule has 0 N–H and O–H groups in total. The van der Waals surface area contributed by atoms with Crippen molar-refractivity contribution >= 4 is 12.4 Å². The molecule has 2 aromatic carbocycles. The molecule has 3 rings (SSSR count). The normalized spacial score (nSPS) is 15.7. The third kappa shape index (κ3) is 3.91. The number of carbonyl (C=O) groups is 2. The van der Waals surface area contributed by atoms with Crippen molar-refractivity contribution < 1.29 is 28.5 Å². The summed E-state index contributed by atoms with van der Waals surface area (Å²) >= 11 is 0. The van der Waals surface area contributed by atoms with Gasteiger partial charge in [-0.3, -0.25) is 4.79 Å². The number of rotatable bonds is 7. The molecule has 0 radical (unpaired) electrons. The Hall–Kier alpha value is -3.02. The van der Waals surface area contributed by atoms with E-state index in [0.717, 1.165) is 11.1 Å². The van der Waals surface area contributed by atoms with Crippen LogP contribution in [-0.4, -0.2) is 32.3 Å². The molecule has 1 aliphatic rings. The number of esters is 1. The number of ether oxygens (including phenoxy) is 4. The summed E-state index contributed by atoms with van der Waals surface area (Å²) < 4.78 is 21.2. The van der Waals surface area contributed by atoms with Crippen LogP contribution in [0.3, 0.4) is 0 Å². The number of hydrogen-bond donors (Lipinski definition) is 0. The molecular weight excluding hydrogens is 324 g/mol. The molecule has 6 nitrogen and oxygen atoms in total. The smallest absolute Gasteiger partial charge is 0.339 e. The highest BCUT2D eigenvalue weighted by Gasteiger charge is 2.30. The minimum Gasteiger partial charge on any atom is -0.497 e. The molecule has 25 heavy (non-hydrogen) atoms. The number of benzene rings is 2. The lowest BCUT2D eigenvalue weighted by Crippen LogP contribution is -2.31. The maximum absolute atomic E-state index is 12.3. The van der Waals surface area contributed by atoms with Crippen molar-refractivity contribution in [1.82, 2.24) is 0 Å². The van der Waals surface area contributed by atoms with E-state index in [1.807, 2.05) is 30.3 Å². The van der Waals surface area contributed by atoms with Crippen LogP contribution < -0.4 is 9.47 Å². The zero-order valence-corrected chi connectivity index (χ0v) is 13.8. The predicted molar refractivity (Wildman–Crippen MR) is 88.7 cm³/mol. The Morgan fingerprint density at radius 1 is 1.24 bits per heavy atom. The van der Waals surface area contributed by atoms with Gasteiger partial charge in [0, 0.05) is 18.1 Å². The highest BCUT2D eigenvalue weighted by molar-refractivity contribution is 5.93. The quantitative estimate of drug-likeness (QED) is 0.569. The van der Waals surface area contributed by atoms with Crippen LogP contribution in [0.2, 0.25) is 0 Å². The Morgan fingerprint density at radius 2 is 2.04 bits per heavy atom. The topological polar surface area (TPSA) is 71.1 Å². The standard InChI is InChI=1S/C19H18O6/c1-22-14-7-17-16(8-15(11-23-12-20)25-19(17)21)18(9-14)24-10-13-5-3-2-4-6-13/h2-7,9,12,15H,8,10-11H2,1H3/t15-/m0/s1. The van der Waals surface area contributed by atoms with Gasteiger partial charge in [0.25, 0.3) is 6.47 Å². The van der Waals surface area contributed by atoms with E-state index in [9.17, 15) is 9.59 Å². The SMILES string of the molecule is COc1cc(OCc2ccccc2)c2c(c1)C(=O)O[C@H](COC=O)C2. The van der Waals surface area contributed by atoms with Gasteiger partial charge < -0.3 is 18.9 Å². The van der Waals surface area contributed by atoms with E-state index in [1.165, 1.54) is 7.11 Å². The van der Waals surface area contributed by atoms with Crippen LogP contribution in [0.4, 0.5) is 0 Å². The molecule has 0 aromatic heterocycles. The summed E-state index contributed by atoms with van der Waals surface area (Å²) in [5.41, 5.74) is 2.15. The fourth-order valence-electron chi connectivity index (χ4n) is 2.72. The monoisotopic (exact) mass is 342 g/mol. The van der Waals surface area contributed by atoms with Crippen LogP contribution in [-0.2, 0) is 27.3 Å². The van der Waals surface area contributed by atoms with Gasteiger partial charge >= 0.3 is 5.97 Å². The maximum atomic E-state index is 12.3. The molecule has 0 saturated heterocycles. The number of carbonyl (C=O) groups excluding carboxylic acids is 2. The molecule has 1 aliphatic heterocycles. The van der Waals surface area contributed by atoms with Gasteiger partial charge in [0.2, 0.25) is 0 Å². The van der Waals surface area contributed by atoms with Gasteiger partial charge in [-0.05, 0) is 11.6 Å². The van der Waals surface area contributed by atoms with Gasteiger partial charge in [-0.1, -0.05) is 30.3 Å². The van der Waals surface area contributed by atoms with E-state index >= 15 is 0 Å². The molecule has 0 amide bonds. The van der Waals surface area contributed by atoms with Crippen molar-refractivity contribution in [3.63, 3.8) is 0 Å². The molecule has 0 bridgehead atoms. The first kappa shape index (κ1) is 16.8. The summed E-state index contributed by atoms with van der Waals surface area (Å²) in [5, 5.41) is 0. The van der Waals surface area contributed by atoms with E-state index in [4.69, 9.17) is 18.9 Å². The Balaban J connectivity index is 1.87. The lowest BCUT2D eigenvalue weighted by atomic mass is 9.97. The largest absolute Gasteiger partial charge is 0.497 e. The van der Waals surface area contributed by atoms with E-state index in [1.54, 1.807) is 12.1 Å². The van der Waals surface area contributed by atoms with Crippen LogP contribution in [0.25, 0.3) is 0 Å². The van der Waals surface area contributed by atoms with Crippen molar-refractivity contribution in [2.75, 3.05) is 13.7 Å². The molecule has 0 spiro atoms. The van der Waals surface area contributed by atoms with E-state index in [-0.39, 0.29) is 6.61 Å². The Labute approximate surface area is 145 Å². The number of hydrogen-bond acceptors (Lipinski definition) is 6. The second-order valence-electron chi connectivity index (χ2n) is 5.59. The number of cyclic esters (lactones) is 1. The second kappa shape index (κ2) is 7.70. The van der Waals surface area contributed by atoms with Crippen LogP contribution in [0.15, 0.2) is 42.5 Å². The Kier molecular flexibility index (Phi) is 5.18. The van der Waals surface area contributed by atoms with Crippen molar-refractivity contribution in [2.45, 2.75) is 19.1 Å². The van der Waals surface area contributed by atoms with Crippen LogP contribution in [0.1, 0.15) is 21.5 Å². The van der Waals surface area contributed by atoms with Crippen molar-refractivity contribution in [1.29, 1.82) is 0 Å². The molecule has 2 aromatic rings. The first-order valence-corrected chi connectivity index (χ1v) is 7.85. The predicted octanol–water partition coefficient (Wildman–Crippen LogP) is 2.53. The Morgan fingerprint density at radius 3 is 2.76 bits per heavy atom. The van der Waals surface area contributed by atoms with E-state index < -0.39 is 12.1 Å². The fourth-order valence-corrected chi connectivity index (χ4v) is 2.72. The summed E-state index contributed by atoms with van der Waals surface area (Å²) in [6, 6.07) is 13.1. The fraction of sp³-hybridized carbons (Fsp3) is 0.263. The summed E-state index contributed by atoms with van der Waals surface area (Å²) in [6.45, 7) is 0.716. The van der Waals surface area contributed by atoms with Crippen molar-refractivity contribution in [3.8, 4) is 11.5 Å². The van der Waals surface area contributed by atoms with E-state index in [0.29, 0.717) is 36.6 Å². The first-order chi connectivity index (χ1) is 12.2. The lowest BCUT2D eigenvalue weighted by Gasteiger charge is -2.26. The molecule has 0 fully saturated rings. The van der Waals surface area contributed by atoms with Crippen molar-refractivity contribution in [3.05, 3.63) is 59.2 Å². The summed E-state index contributed by atoms with van der Waals surface area (Å²) in [7, 11) is 1.53. The van der Waals surface area contributed by atoms with Gasteiger partial charge in [0.1, 0.15) is 30.8 Å². The number of methoxy groups -OCH3 is 1. The van der Waals surface area contributed by atoms with Gasteiger partial charge in [-0.15, -0.1) is 0 Å². The average molecular weight is 342 g/mol. The maximum Gasteiger partial charge on any atom is 0.339 e. The third-order valence-electron chi connectivity index (χ3n) is 3.93.